The largest absolute Gasteiger partial charge is 0.493 e. The molecule has 0 aliphatic carbocycles. The van der Waals surface area contributed by atoms with Crippen molar-refractivity contribution in [1.82, 2.24) is 0 Å². The van der Waals surface area contributed by atoms with Gasteiger partial charge in [-0.3, -0.25) is 0 Å². The minimum Gasteiger partial charge on any atom is -0.493 e. The van der Waals surface area contributed by atoms with Gasteiger partial charge in [-0.05, 0) is 24.5 Å². The van der Waals surface area contributed by atoms with Gasteiger partial charge in [0.25, 0.3) is 0 Å². The molecular formula is C13H17O. The molecule has 0 saturated heterocycles. The molecule has 0 aliphatic rings. The Kier molecular flexibility index (Phi) is 3.75. The lowest BCUT2D eigenvalue weighted by molar-refractivity contribution is 0.333. The van der Waals surface area contributed by atoms with Crippen molar-refractivity contribution in [1.29, 1.82) is 0 Å². The van der Waals surface area contributed by atoms with E-state index < -0.39 is 0 Å². The average molecular weight is 189 g/mol. The molecule has 14 heavy (non-hydrogen) atoms. The highest BCUT2D eigenvalue weighted by molar-refractivity contribution is 5.45. The topological polar surface area (TPSA) is 9.23 Å². The summed E-state index contributed by atoms with van der Waals surface area (Å²) in [5, 5.41) is 0. The third-order valence-electron chi connectivity index (χ3n) is 2.15. The summed E-state index contributed by atoms with van der Waals surface area (Å²) in [6, 6.07) is 6.09. The van der Waals surface area contributed by atoms with Gasteiger partial charge in [0, 0.05) is 5.56 Å². The first-order valence-electron chi connectivity index (χ1n) is 4.99. The second kappa shape index (κ2) is 4.85. The Morgan fingerprint density at radius 1 is 1.43 bits per heavy atom. The van der Waals surface area contributed by atoms with E-state index in [4.69, 9.17) is 4.74 Å². The number of para-hydroxylation sites is 1. The van der Waals surface area contributed by atoms with Crippen molar-refractivity contribution >= 4 is 0 Å². The predicted molar refractivity (Wildman–Crippen MR) is 59.7 cm³/mol. The third kappa shape index (κ3) is 2.16. The first kappa shape index (κ1) is 10.8. The van der Waals surface area contributed by atoms with Crippen LogP contribution < -0.4 is 4.74 Å². The van der Waals surface area contributed by atoms with Crippen molar-refractivity contribution < 1.29 is 4.74 Å². The number of benzene rings is 1. The van der Waals surface area contributed by atoms with Gasteiger partial charge in [-0.15, -0.1) is 0 Å². The molecule has 1 aromatic rings. The van der Waals surface area contributed by atoms with E-state index in [9.17, 15) is 0 Å². The zero-order valence-electron chi connectivity index (χ0n) is 9.13. The van der Waals surface area contributed by atoms with E-state index >= 15 is 0 Å². The second-order valence-electron chi connectivity index (χ2n) is 3.49. The highest BCUT2D eigenvalue weighted by atomic mass is 16.5. The second-order valence-corrected chi connectivity index (χ2v) is 3.49. The molecule has 0 fully saturated rings. The maximum absolute atomic E-state index is 5.62. The van der Waals surface area contributed by atoms with Gasteiger partial charge >= 0.3 is 0 Å². The van der Waals surface area contributed by atoms with Gasteiger partial charge in [0.2, 0.25) is 0 Å². The number of rotatable bonds is 4. The Morgan fingerprint density at radius 2 is 2.14 bits per heavy atom. The van der Waals surface area contributed by atoms with E-state index in [0.717, 1.165) is 11.3 Å². The zero-order valence-corrected chi connectivity index (χ0v) is 9.13. The molecule has 1 aromatic carbocycles. The van der Waals surface area contributed by atoms with Crippen LogP contribution in [0.1, 0.15) is 37.8 Å². The predicted octanol–water partition coefficient (Wildman–Crippen LogP) is 3.55. The molecule has 0 unspecified atom stereocenters. The first-order valence-corrected chi connectivity index (χ1v) is 4.99. The molecule has 0 spiro atoms. The molecule has 0 saturated carbocycles. The monoisotopic (exact) mass is 189 g/mol. The molecule has 0 heterocycles. The van der Waals surface area contributed by atoms with E-state index in [2.05, 4.69) is 32.6 Å². The molecule has 0 atom stereocenters. The fourth-order valence-electron chi connectivity index (χ4n) is 1.45. The van der Waals surface area contributed by atoms with Crippen molar-refractivity contribution in [2.24, 2.45) is 0 Å². The van der Waals surface area contributed by atoms with Crippen LogP contribution in [0.2, 0.25) is 0 Å². The molecular weight excluding hydrogens is 172 g/mol. The Balaban J connectivity index is 3.20. The van der Waals surface area contributed by atoms with Gasteiger partial charge in [0.05, 0.1) is 6.61 Å². The molecule has 0 bridgehead atoms. The molecule has 1 heteroatoms. The smallest absolute Gasteiger partial charge is 0.130 e. The molecule has 1 rings (SSSR count). The standard InChI is InChI=1S/C13H17O/c1-5-11-8-7-9-12(10(3)4)13(11)14-6-2/h7-10H,1,6H2,2-4H3. The normalized spacial score (nSPS) is 10.3. The third-order valence-corrected chi connectivity index (χ3v) is 2.15. The molecule has 0 aromatic heterocycles. The number of hydrogen-bond acceptors (Lipinski definition) is 1. The molecule has 1 radical (unpaired) electrons. The lowest BCUT2D eigenvalue weighted by atomic mass is 9.99. The van der Waals surface area contributed by atoms with Gasteiger partial charge < -0.3 is 4.74 Å². The lowest BCUT2D eigenvalue weighted by Crippen LogP contribution is -2.00. The van der Waals surface area contributed by atoms with Crippen molar-refractivity contribution in [3.8, 4) is 5.75 Å². The Hall–Kier alpha value is -1.24. The van der Waals surface area contributed by atoms with Crippen LogP contribution in [0.15, 0.2) is 24.8 Å². The molecule has 75 valence electrons. The van der Waals surface area contributed by atoms with Crippen LogP contribution in [0.25, 0.3) is 0 Å². The average Bonchev–Trinajstić information content (AvgIpc) is 2.18. The summed E-state index contributed by atoms with van der Waals surface area (Å²) in [4.78, 5) is 0. The maximum atomic E-state index is 5.62. The van der Waals surface area contributed by atoms with Gasteiger partial charge in [0.15, 0.2) is 0 Å². The fraction of sp³-hybridized carbons (Fsp3) is 0.385. The van der Waals surface area contributed by atoms with Crippen LogP contribution in [-0.4, -0.2) is 6.61 Å². The Morgan fingerprint density at radius 3 is 2.64 bits per heavy atom. The van der Waals surface area contributed by atoms with Crippen molar-refractivity contribution in [3.63, 3.8) is 0 Å². The van der Waals surface area contributed by atoms with E-state index in [1.807, 2.05) is 19.1 Å². The van der Waals surface area contributed by atoms with Crippen LogP contribution >= 0.6 is 0 Å². The highest BCUT2D eigenvalue weighted by Crippen LogP contribution is 2.30. The first-order chi connectivity index (χ1) is 6.70. The van der Waals surface area contributed by atoms with E-state index in [1.54, 1.807) is 0 Å². The Labute approximate surface area is 86.4 Å². The van der Waals surface area contributed by atoms with Crippen LogP contribution in [-0.2, 0) is 0 Å². The SMILES string of the molecule is C=[C]c1cccc(C(C)C)c1OCC. The van der Waals surface area contributed by atoms with E-state index in [1.165, 1.54) is 5.56 Å². The summed E-state index contributed by atoms with van der Waals surface area (Å²) in [7, 11) is 0. The molecule has 0 aliphatic heterocycles. The summed E-state index contributed by atoms with van der Waals surface area (Å²) in [5.41, 5.74) is 2.18. The minimum atomic E-state index is 0.463. The molecule has 1 nitrogen and oxygen atoms in total. The molecule has 0 amide bonds. The van der Waals surface area contributed by atoms with Crippen molar-refractivity contribution in [2.45, 2.75) is 26.7 Å². The number of hydrogen-bond donors (Lipinski definition) is 0. The van der Waals surface area contributed by atoms with Gasteiger partial charge in [-0.1, -0.05) is 38.6 Å². The fourth-order valence-corrected chi connectivity index (χ4v) is 1.45. The van der Waals surface area contributed by atoms with Crippen LogP contribution in [0, 0.1) is 6.08 Å². The van der Waals surface area contributed by atoms with Crippen molar-refractivity contribution in [3.05, 3.63) is 42.0 Å². The lowest BCUT2D eigenvalue weighted by Gasteiger charge is -2.15. The maximum Gasteiger partial charge on any atom is 0.130 e. The van der Waals surface area contributed by atoms with Crippen LogP contribution in [0.5, 0.6) is 5.75 Å². The summed E-state index contributed by atoms with van der Waals surface area (Å²) >= 11 is 0. The zero-order chi connectivity index (χ0) is 10.6. The summed E-state index contributed by atoms with van der Waals surface area (Å²) < 4.78 is 5.62. The van der Waals surface area contributed by atoms with Gasteiger partial charge in [0.1, 0.15) is 5.75 Å². The highest BCUT2D eigenvalue weighted by Gasteiger charge is 2.10. The van der Waals surface area contributed by atoms with Gasteiger partial charge in [-0.2, -0.15) is 0 Å². The minimum absolute atomic E-state index is 0.463. The van der Waals surface area contributed by atoms with E-state index in [0.29, 0.717) is 12.5 Å². The van der Waals surface area contributed by atoms with Crippen LogP contribution in [0.3, 0.4) is 0 Å². The Bertz CT molecular complexity index is 313. The van der Waals surface area contributed by atoms with E-state index in [-0.39, 0.29) is 0 Å². The quantitative estimate of drug-likeness (QED) is 0.703. The summed E-state index contributed by atoms with van der Waals surface area (Å²) in [6.07, 6.45) is 2.90. The van der Waals surface area contributed by atoms with Gasteiger partial charge in [-0.25, -0.2) is 0 Å². The summed E-state index contributed by atoms with van der Waals surface area (Å²) in [6.45, 7) is 10.7. The van der Waals surface area contributed by atoms with Crippen LogP contribution in [0.4, 0.5) is 0 Å². The number of ether oxygens (including phenoxy) is 1. The van der Waals surface area contributed by atoms with Crippen molar-refractivity contribution in [2.75, 3.05) is 6.61 Å². The molecule has 0 N–H and O–H groups in total. The summed E-state index contributed by atoms with van der Waals surface area (Å²) in [5.74, 6) is 1.39.